The Morgan fingerprint density at radius 2 is 2.00 bits per heavy atom. The first-order valence-electron chi connectivity index (χ1n) is 7.64. The Kier molecular flexibility index (Phi) is 4.87. The lowest BCUT2D eigenvalue weighted by Gasteiger charge is -2.09. The number of anilines is 1. The van der Waals surface area contributed by atoms with Gasteiger partial charge in [0.2, 0.25) is 0 Å². The quantitative estimate of drug-likeness (QED) is 0.756. The van der Waals surface area contributed by atoms with Crippen molar-refractivity contribution in [1.82, 2.24) is 9.97 Å². The largest absolute Gasteiger partial charge is 0.322 e. The van der Waals surface area contributed by atoms with Crippen LogP contribution in [0, 0.1) is 0 Å². The Labute approximate surface area is 145 Å². The topological polar surface area (TPSA) is 54.9 Å². The number of pyridine rings is 2. The number of hydrogen-bond donors (Lipinski definition) is 1. The number of hydrogen-bond acceptors (Lipinski definition) is 3. The van der Waals surface area contributed by atoms with Crippen molar-refractivity contribution in [1.29, 1.82) is 0 Å². The lowest BCUT2D eigenvalue weighted by molar-refractivity contribution is 0.102. The molecule has 0 spiro atoms. The van der Waals surface area contributed by atoms with Crippen molar-refractivity contribution in [3.8, 4) is 11.3 Å². The van der Waals surface area contributed by atoms with Crippen molar-refractivity contribution in [2.24, 2.45) is 0 Å². The molecule has 0 aliphatic carbocycles. The molecule has 5 heteroatoms. The number of nitrogens with one attached hydrogen (secondary N) is 1. The maximum atomic E-state index is 12.3. The summed E-state index contributed by atoms with van der Waals surface area (Å²) < 4.78 is 0. The maximum Gasteiger partial charge on any atom is 0.257 e. The van der Waals surface area contributed by atoms with Crippen molar-refractivity contribution >= 4 is 23.2 Å². The van der Waals surface area contributed by atoms with E-state index < -0.39 is 0 Å². The SMILES string of the molecule is CCc1ccc(C(=O)Nc2ccc(Cl)c(-c3ccccn3)c2)cn1. The highest BCUT2D eigenvalue weighted by molar-refractivity contribution is 6.33. The number of benzene rings is 1. The second-order valence-corrected chi connectivity index (χ2v) is 5.66. The van der Waals surface area contributed by atoms with Crippen LogP contribution in [-0.2, 0) is 6.42 Å². The molecule has 0 radical (unpaired) electrons. The highest BCUT2D eigenvalue weighted by Gasteiger charge is 2.10. The summed E-state index contributed by atoms with van der Waals surface area (Å²) in [4.78, 5) is 20.9. The second-order valence-electron chi connectivity index (χ2n) is 5.26. The van der Waals surface area contributed by atoms with Gasteiger partial charge in [-0.05, 0) is 48.9 Å². The molecular weight excluding hydrogens is 322 g/mol. The minimum absolute atomic E-state index is 0.209. The predicted octanol–water partition coefficient (Wildman–Crippen LogP) is 4.61. The van der Waals surface area contributed by atoms with Crippen LogP contribution >= 0.6 is 11.6 Å². The molecule has 0 bridgehead atoms. The van der Waals surface area contributed by atoms with Crippen LogP contribution in [-0.4, -0.2) is 15.9 Å². The molecule has 0 fully saturated rings. The first-order chi connectivity index (χ1) is 11.7. The molecule has 0 saturated heterocycles. The zero-order valence-electron chi connectivity index (χ0n) is 13.2. The minimum Gasteiger partial charge on any atom is -0.322 e. The van der Waals surface area contributed by atoms with Crippen LogP contribution in [0.1, 0.15) is 23.0 Å². The summed E-state index contributed by atoms with van der Waals surface area (Å²) in [5, 5.41) is 3.45. The van der Waals surface area contributed by atoms with E-state index in [-0.39, 0.29) is 5.91 Å². The van der Waals surface area contributed by atoms with Gasteiger partial charge in [-0.2, -0.15) is 0 Å². The summed E-state index contributed by atoms with van der Waals surface area (Å²) in [6.45, 7) is 2.02. The minimum atomic E-state index is -0.209. The highest BCUT2D eigenvalue weighted by atomic mass is 35.5. The Morgan fingerprint density at radius 1 is 1.12 bits per heavy atom. The molecule has 1 aromatic carbocycles. The Bertz CT molecular complexity index is 848. The molecule has 1 N–H and O–H groups in total. The number of aryl methyl sites for hydroxylation is 1. The first-order valence-corrected chi connectivity index (χ1v) is 8.02. The molecule has 4 nitrogen and oxygen atoms in total. The fourth-order valence-electron chi connectivity index (χ4n) is 2.29. The van der Waals surface area contributed by atoms with E-state index in [9.17, 15) is 4.79 Å². The first kappa shape index (κ1) is 16.1. The molecule has 3 aromatic rings. The summed E-state index contributed by atoms with van der Waals surface area (Å²) in [6, 6.07) is 14.6. The highest BCUT2D eigenvalue weighted by Crippen LogP contribution is 2.29. The number of halogens is 1. The normalized spacial score (nSPS) is 10.4. The van der Waals surface area contributed by atoms with E-state index in [4.69, 9.17) is 11.6 Å². The van der Waals surface area contributed by atoms with E-state index >= 15 is 0 Å². The van der Waals surface area contributed by atoms with Gasteiger partial charge in [-0.15, -0.1) is 0 Å². The number of rotatable bonds is 4. The number of amides is 1. The van der Waals surface area contributed by atoms with Crippen molar-refractivity contribution in [3.05, 3.63) is 77.2 Å². The van der Waals surface area contributed by atoms with Gasteiger partial charge < -0.3 is 5.32 Å². The van der Waals surface area contributed by atoms with E-state index in [1.165, 1.54) is 0 Å². The van der Waals surface area contributed by atoms with E-state index in [1.807, 2.05) is 37.3 Å². The van der Waals surface area contributed by atoms with Crippen LogP contribution < -0.4 is 5.32 Å². The van der Waals surface area contributed by atoms with Gasteiger partial charge in [-0.25, -0.2) is 0 Å². The molecule has 0 atom stereocenters. The van der Waals surface area contributed by atoms with Gasteiger partial charge in [-0.3, -0.25) is 14.8 Å². The van der Waals surface area contributed by atoms with Crippen molar-refractivity contribution in [3.63, 3.8) is 0 Å². The van der Waals surface area contributed by atoms with Gasteiger partial charge in [0.25, 0.3) is 5.91 Å². The van der Waals surface area contributed by atoms with E-state index in [0.717, 1.165) is 23.4 Å². The molecule has 2 aromatic heterocycles. The molecule has 24 heavy (non-hydrogen) atoms. The van der Waals surface area contributed by atoms with Crippen LogP contribution in [0.2, 0.25) is 5.02 Å². The zero-order valence-corrected chi connectivity index (χ0v) is 13.9. The number of nitrogens with zero attached hydrogens (tertiary/aromatic N) is 2. The third kappa shape index (κ3) is 3.60. The number of aromatic nitrogens is 2. The summed E-state index contributed by atoms with van der Waals surface area (Å²) in [6.07, 6.45) is 4.13. The van der Waals surface area contributed by atoms with E-state index in [2.05, 4.69) is 15.3 Å². The van der Waals surface area contributed by atoms with Crippen LogP contribution in [0.4, 0.5) is 5.69 Å². The monoisotopic (exact) mass is 337 g/mol. The smallest absolute Gasteiger partial charge is 0.257 e. The van der Waals surface area contributed by atoms with Gasteiger partial charge in [0, 0.05) is 29.3 Å². The fourth-order valence-corrected chi connectivity index (χ4v) is 2.51. The molecule has 0 aliphatic heterocycles. The van der Waals surface area contributed by atoms with Crippen LogP contribution in [0.3, 0.4) is 0 Å². The van der Waals surface area contributed by atoms with Crippen LogP contribution in [0.5, 0.6) is 0 Å². The van der Waals surface area contributed by atoms with Gasteiger partial charge in [-0.1, -0.05) is 24.6 Å². The Balaban J connectivity index is 1.83. The van der Waals surface area contributed by atoms with Gasteiger partial charge in [0.15, 0.2) is 0 Å². The van der Waals surface area contributed by atoms with Crippen LogP contribution in [0.15, 0.2) is 60.9 Å². The molecular formula is C19H16ClN3O. The van der Waals surface area contributed by atoms with Crippen molar-refractivity contribution in [2.75, 3.05) is 5.32 Å². The van der Waals surface area contributed by atoms with Crippen LogP contribution in [0.25, 0.3) is 11.3 Å². The lowest BCUT2D eigenvalue weighted by Crippen LogP contribution is -2.12. The third-order valence-corrected chi connectivity index (χ3v) is 3.94. The summed E-state index contributed by atoms with van der Waals surface area (Å²) in [5.41, 5.74) is 3.66. The number of carbonyl (C=O) groups is 1. The van der Waals surface area contributed by atoms with Gasteiger partial charge in [0.05, 0.1) is 16.3 Å². The van der Waals surface area contributed by atoms with Crippen molar-refractivity contribution < 1.29 is 4.79 Å². The van der Waals surface area contributed by atoms with Crippen molar-refractivity contribution in [2.45, 2.75) is 13.3 Å². The zero-order chi connectivity index (χ0) is 16.9. The maximum absolute atomic E-state index is 12.3. The van der Waals surface area contributed by atoms with Gasteiger partial charge >= 0.3 is 0 Å². The molecule has 0 unspecified atom stereocenters. The van der Waals surface area contributed by atoms with E-state index in [1.54, 1.807) is 30.6 Å². The molecule has 120 valence electrons. The molecule has 0 aliphatic rings. The fraction of sp³-hybridized carbons (Fsp3) is 0.105. The molecule has 0 saturated carbocycles. The summed E-state index contributed by atoms with van der Waals surface area (Å²) in [5.74, 6) is -0.209. The lowest BCUT2D eigenvalue weighted by atomic mass is 10.1. The van der Waals surface area contributed by atoms with Gasteiger partial charge in [0.1, 0.15) is 0 Å². The second kappa shape index (κ2) is 7.23. The average Bonchev–Trinajstić information content (AvgIpc) is 2.64. The third-order valence-electron chi connectivity index (χ3n) is 3.61. The Hall–Kier alpha value is -2.72. The Morgan fingerprint density at radius 3 is 2.67 bits per heavy atom. The van der Waals surface area contributed by atoms with E-state index in [0.29, 0.717) is 16.3 Å². The number of carbonyl (C=O) groups excluding carboxylic acids is 1. The predicted molar refractivity (Wildman–Crippen MR) is 96.3 cm³/mol. The summed E-state index contributed by atoms with van der Waals surface area (Å²) in [7, 11) is 0. The standard InChI is InChI=1S/C19H16ClN3O/c1-2-14-7-6-13(12-22-14)19(24)23-15-8-9-17(20)16(11-15)18-5-3-4-10-21-18/h3-12H,2H2,1H3,(H,23,24). The molecule has 1 amide bonds. The average molecular weight is 338 g/mol. The molecule has 2 heterocycles. The summed E-state index contributed by atoms with van der Waals surface area (Å²) >= 11 is 6.25. The molecule has 3 rings (SSSR count).